The van der Waals surface area contributed by atoms with Crippen molar-refractivity contribution in [2.75, 3.05) is 12.4 Å². The lowest BCUT2D eigenvalue weighted by atomic mass is 9.96. The first-order valence-electron chi connectivity index (χ1n) is 5.88. The minimum Gasteiger partial charge on any atom is -0.504 e. The number of aromatic hydroxyl groups is 1. The summed E-state index contributed by atoms with van der Waals surface area (Å²) < 4.78 is 4.92. The molecule has 5 heteroatoms. The van der Waals surface area contributed by atoms with Gasteiger partial charge in [-0.05, 0) is 25.5 Å². The van der Waals surface area contributed by atoms with Crippen LogP contribution in [-0.4, -0.2) is 23.7 Å². The number of nitrogens with two attached hydrogens (primary N) is 1. The standard InChI is InChI=1S/C13H20N2O3/c1-4-7-13(2,14)12(17)15-9-5-6-11(18-3)10(16)8-9/h5-6,8,16H,4,7,14H2,1-3H3,(H,15,17). The van der Waals surface area contributed by atoms with Crippen molar-refractivity contribution < 1.29 is 14.6 Å². The lowest BCUT2D eigenvalue weighted by molar-refractivity contribution is -0.120. The van der Waals surface area contributed by atoms with Crippen molar-refractivity contribution >= 4 is 11.6 Å². The molecule has 0 fully saturated rings. The number of hydrogen-bond donors (Lipinski definition) is 3. The molecule has 18 heavy (non-hydrogen) atoms. The van der Waals surface area contributed by atoms with Crippen LogP contribution in [0, 0.1) is 0 Å². The van der Waals surface area contributed by atoms with Crippen LogP contribution in [0.4, 0.5) is 5.69 Å². The Morgan fingerprint density at radius 1 is 1.56 bits per heavy atom. The molecule has 0 saturated heterocycles. The van der Waals surface area contributed by atoms with Crippen molar-refractivity contribution in [3.05, 3.63) is 18.2 Å². The van der Waals surface area contributed by atoms with Gasteiger partial charge < -0.3 is 20.9 Å². The van der Waals surface area contributed by atoms with Gasteiger partial charge in [-0.25, -0.2) is 0 Å². The predicted molar refractivity (Wildman–Crippen MR) is 70.8 cm³/mol. The highest BCUT2D eigenvalue weighted by atomic mass is 16.5. The van der Waals surface area contributed by atoms with E-state index < -0.39 is 5.54 Å². The molecular weight excluding hydrogens is 232 g/mol. The number of carbonyl (C=O) groups is 1. The molecule has 0 bridgehead atoms. The first-order valence-corrected chi connectivity index (χ1v) is 5.88. The quantitative estimate of drug-likeness (QED) is 0.746. The lowest BCUT2D eigenvalue weighted by Gasteiger charge is -2.22. The predicted octanol–water partition coefficient (Wildman–Crippen LogP) is 1.86. The molecule has 1 unspecified atom stereocenters. The monoisotopic (exact) mass is 252 g/mol. The summed E-state index contributed by atoms with van der Waals surface area (Å²) in [5.41, 5.74) is 5.49. The zero-order chi connectivity index (χ0) is 13.8. The Morgan fingerprint density at radius 2 is 2.22 bits per heavy atom. The summed E-state index contributed by atoms with van der Waals surface area (Å²) in [6.07, 6.45) is 1.43. The van der Waals surface area contributed by atoms with Crippen LogP contribution < -0.4 is 15.8 Å². The molecule has 1 atom stereocenters. The number of methoxy groups -OCH3 is 1. The molecule has 0 heterocycles. The van der Waals surface area contributed by atoms with E-state index in [0.717, 1.165) is 6.42 Å². The van der Waals surface area contributed by atoms with E-state index in [4.69, 9.17) is 10.5 Å². The number of nitrogens with one attached hydrogen (secondary N) is 1. The van der Waals surface area contributed by atoms with Crippen molar-refractivity contribution in [1.82, 2.24) is 0 Å². The number of amides is 1. The number of anilines is 1. The zero-order valence-corrected chi connectivity index (χ0v) is 11.0. The van der Waals surface area contributed by atoms with Crippen LogP contribution in [0.1, 0.15) is 26.7 Å². The van der Waals surface area contributed by atoms with E-state index >= 15 is 0 Å². The second-order valence-corrected chi connectivity index (χ2v) is 4.51. The average molecular weight is 252 g/mol. The molecule has 0 aliphatic heterocycles. The van der Waals surface area contributed by atoms with E-state index in [1.165, 1.54) is 13.2 Å². The molecule has 0 radical (unpaired) electrons. The summed E-state index contributed by atoms with van der Waals surface area (Å²) in [4.78, 5) is 11.9. The highest BCUT2D eigenvalue weighted by molar-refractivity contribution is 5.97. The van der Waals surface area contributed by atoms with E-state index in [9.17, 15) is 9.90 Å². The number of ether oxygens (including phenoxy) is 1. The second kappa shape index (κ2) is 5.73. The number of benzene rings is 1. The van der Waals surface area contributed by atoms with Gasteiger partial charge in [0.25, 0.3) is 0 Å². The van der Waals surface area contributed by atoms with Crippen LogP contribution in [0.15, 0.2) is 18.2 Å². The van der Waals surface area contributed by atoms with Crippen LogP contribution in [0.2, 0.25) is 0 Å². The maximum Gasteiger partial charge on any atom is 0.244 e. The van der Waals surface area contributed by atoms with Gasteiger partial charge in [0.1, 0.15) is 0 Å². The number of rotatable bonds is 5. The third kappa shape index (κ3) is 3.37. The third-order valence-corrected chi connectivity index (χ3v) is 2.72. The molecular formula is C13H20N2O3. The third-order valence-electron chi connectivity index (χ3n) is 2.72. The Balaban J connectivity index is 2.79. The van der Waals surface area contributed by atoms with Crippen molar-refractivity contribution in [2.24, 2.45) is 5.73 Å². The summed E-state index contributed by atoms with van der Waals surface area (Å²) >= 11 is 0. The Bertz CT molecular complexity index is 430. The molecule has 1 amide bonds. The first kappa shape index (κ1) is 14.3. The molecule has 0 aliphatic carbocycles. The topological polar surface area (TPSA) is 84.6 Å². The van der Waals surface area contributed by atoms with Gasteiger partial charge in [-0.15, -0.1) is 0 Å². The first-order chi connectivity index (χ1) is 8.40. The number of phenolic OH excluding ortho intramolecular Hbond substituents is 1. The molecule has 1 rings (SSSR count). The fourth-order valence-electron chi connectivity index (χ4n) is 1.67. The van der Waals surface area contributed by atoms with Crippen LogP contribution >= 0.6 is 0 Å². The minimum absolute atomic E-state index is 0.0236. The van der Waals surface area contributed by atoms with E-state index in [-0.39, 0.29) is 11.7 Å². The van der Waals surface area contributed by atoms with Crippen molar-refractivity contribution in [3.63, 3.8) is 0 Å². The summed E-state index contributed by atoms with van der Waals surface area (Å²) in [5, 5.41) is 12.3. The van der Waals surface area contributed by atoms with Crippen molar-refractivity contribution in [2.45, 2.75) is 32.2 Å². The van der Waals surface area contributed by atoms with Crippen LogP contribution in [-0.2, 0) is 4.79 Å². The van der Waals surface area contributed by atoms with E-state index in [2.05, 4.69) is 5.32 Å². The maximum atomic E-state index is 11.9. The molecule has 100 valence electrons. The Hall–Kier alpha value is -1.75. The van der Waals surface area contributed by atoms with Gasteiger partial charge in [-0.3, -0.25) is 4.79 Å². The highest BCUT2D eigenvalue weighted by Gasteiger charge is 2.27. The van der Waals surface area contributed by atoms with Crippen molar-refractivity contribution in [3.8, 4) is 11.5 Å². The molecule has 0 aromatic heterocycles. The Labute approximate surface area is 107 Å². The Kier molecular flexibility index (Phi) is 4.55. The van der Waals surface area contributed by atoms with Gasteiger partial charge in [-0.2, -0.15) is 0 Å². The number of carbonyl (C=O) groups excluding carboxylic acids is 1. The van der Waals surface area contributed by atoms with Gasteiger partial charge in [-0.1, -0.05) is 13.3 Å². The van der Waals surface area contributed by atoms with E-state index in [1.54, 1.807) is 19.1 Å². The van der Waals surface area contributed by atoms with Crippen LogP contribution in [0.3, 0.4) is 0 Å². The van der Waals surface area contributed by atoms with Gasteiger partial charge in [0.15, 0.2) is 11.5 Å². The van der Waals surface area contributed by atoms with Crippen LogP contribution in [0.25, 0.3) is 0 Å². The van der Waals surface area contributed by atoms with Gasteiger partial charge in [0, 0.05) is 11.8 Å². The molecule has 0 spiro atoms. The zero-order valence-electron chi connectivity index (χ0n) is 11.0. The lowest BCUT2D eigenvalue weighted by Crippen LogP contribution is -2.48. The summed E-state index contributed by atoms with van der Waals surface area (Å²) in [6.45, 7) is 3.66. The second-order valence-electron chi connectivity index (χ2n) is 4.51. The summed E-state index contributed by atoms with van der Waals surface area (Å²) in [5.74, 6) is 0.0653. The molecule has 4 N–H and O–H groups in total. The number of hydrogen-bond acceptors (Lipinski definition) is 4. The van der Waals surface area contributed by atoms with Crippen molar-refractivity contribution in [1.29, 1.82) is 0 Å². The smallest absolute Gasteiger partial charge is 0.244 e. The van der Waals surface area contributed by atoms with E-state index in [0.29, 0.717) is 17.9 Å². The van der Waals surface area contributed by atoms with Gasteiger partial charge in [0.2, 0.25) is 5.91 Å². The molecule has 0 saturated carbocycles. The van der Waals surface area contributed by atoms with Gasteiger partial charge >= 0.3 is 0 Å². The molecule has 1 aromatic carbocycles. The normalized spacial score (nSPS) is 13.8. The SMILES string of the molecule is CCCC(C)(N)C(=O)Nc1ccc(OC)c(O)c1. The average Bonchev–Trinajstić information content (AvgIpc) is 2.29. The molecule has 5 nitrogen and oxygen atoms in total. The largest absolute Gasteiger partial charge is 0.504 e. The molecule has 0 aliphatic rings. The van der Waals surface area contributed by atoms with E-state index in [1.807, 2.05) is 6.92 Å². The number of phenols is 1. The van der Waals surface area contributed by atoms with Gasteiger partial charge in [0.05, 0.1) is 12.6 Å². The maximum absolute atomic E-state index is 11.9. The van der Waals surface area contributed by atoms with Crippen LogP contribution in [0.5, 0.6) is 11.5 Å². The fourth-order valence-corrected chi connectivity index (χ4v) is 1.67. The summed E-state index contributed by atoms with van der Waals surface area (Å²) in [6, 6.07) is 4.66. The minimum atomic E-state index is -0.912. The molecule has 1 aromatic rings. The highest BCUT2D eigenvalue weighted by Crippen LogP contribution is 2.28. The summed E-state index contributed by atoms with van der Waals surface area (Å²) in [7, 11) is 1.46. The fraction of sp³-hybridized carbons (Fsp3) is 0.462. The Morgan fingerprint density at radius 3 is 2.72 bits per heavy atom.